The minimum atomic E-state index is 0.323. The summed E-state index contributed by atoms with van der Waals surface area (Å²) in [6, 6.07) is 6.25. The van der Waals surface area contributed by atoms with E-state index in [-0.39, 0.29) is 0 Å². The van der Waals surface area contributed by atoms with Crippen LogP contribution in [0.3, 0.4) is 0 Å². The molecule has 100 valence electrons. The molecule has 0 fully saturated rings. The summed E-state index contributed by atoms with van der Waals surface area (Å²) in [5.41, 5.74) is 9.65. The molecule has 1 aromatic carbocycles. The van der Waals surface area contributed by atoms with E-state index in [1.807, 2.05) is 6.07 Å². The molecular weight excluding hydrogens is 224 g/mol. The van der Waals surface area contributed by atoms with Crippen molar-refractivity contribution in [2.75, 3.05) is 30.3 Å². The number of nitrogen functional groups attached to an aromatic ring is 1. The number of benzene rings is 1. The first-order chi connectivity index (χ1) is 8.83. The van der Waals surface area contributed by atoms with E-state index in [1.54, 1.807) is 0 Å². The molecule has 0 saturated heterocycles. The second-order valence-electron chi connectivity index (χ2n) is 5.07. The van der Waals surface area contributed by atoms with Gasteiger partial charge in [0, 0.05) is 31.1 Å². The molecule has 1 heterocycles. The molecule has 0 aliphatic carbocycles. The fourth-order valence-electron chi connectivity index (χ4n) is 2.73. The molecule has 18 heavy (non-hydrogen) atoms. The molecule has 0 unspecified atom stereocenters. The van der Waals surface area contributed by atoms with Crippen molar-refractivity contribution in [3.8, 4) is 0 Å². The summed E-state index contributed by atoms with van der Waals surface area (Å²) in [5, 5.41) is 8.75. The van der Waals surface area contributed by atoms with E-state index in [4.69, 9.17) is 10.8 Å². The second kappa shape index (κ2) is 6.64. The summed E-state index contributed by atoms with van der Waals surface area (Å²) >= 11 is 0. The van der Waals surface area contributed by atoms with E-state index in [0.29, 0.717) is 6.61 Å². The average Bonchev–Trinajstić information content (AvgIpc) is 2.39. The van der Waals surface area contributed by atoms with Crippen LogP contribution in [0.25, 0.3) is 0 Å². The molecule has 1 aliphatic heterocycles. The molecule has 0 spiro atoms. The fraction of sp³-hybridized carbons (Fsp3) is 0.600. The molecule has 0 saturated carbocycles. The molecular formula is C15H24N2O. The van der Waals surface area contributed by atoms with Crippen LogP contribution in [0.2, 0.25) is 0 Å². The van der Waals surface area contributed by atoms with Crippen LogP contribution in [0, 0.1) is 0 Å². The Bertz CT molecular complexity index is 379. The molecule has 0 amide bonds. The normalized spacial score (nSPS) is 14.6. The van der Waals surface area contributed by atoms with Crippen molar-refractivity contribution in [3.05, 3.63) is 23.8 Å². The van der Waals surface area contributed by atoms with E-state index in [2.05, 4.69) is 17.0 Å². The SMILES string of the molecule is Nc1cccc2c1CCCN2CCCCCCO. The lowest BCUT2D eigenvalue weighted by atomic mass is 9.99. The summed E-state index contributed by atoms with van der Waals surface area (Å²) < 4.78 is 0. The van der Waals surface area contributed by atoms with Crippen LogP contribution in [0.5, 0.6) is 0 Å². The van der Waals surface area contributed by atoms with E-state index in [1.165, 1.54) is 30.5 Å². The summed E-state index contributed by atoms with van der Waals surface area (Å²) in [4.78, 5) is 2.47. The van der Waals surface area contributed by atoms with Gasteiger partial charge in [0.1, 0.15) is 0 Å². The summed E-state index contributed by atoms with van der Waals surface area (Å²) in [6.45, 7) is 2.58. The van der Waals surface area contributed by atoms with E-state index < -0.39 is 0 Å². The smallest absolute Gasteiger partial charge is 0.0431 e. The Labute approximate surface area is 110 Å². The van der Waals surface area contributed by atoms with Crippen molar-refractivity contribution in [2.24, 2.45) is 0 Å². The zero-order valence-electron chi connectivity index (χ0n) is 11.1. The monoisotopic (exact) mass is 248 g/mol. The number of hydrogen-bond donors (Lipinski definition) is 2. The Morgan fingerprint density at radius 1 is 1.17 bits per heavy atom. The molecule has 0 radical (unpaired) electrons. The maximum absolute atomic E-state index is 8.75. The number of nitrogens with zero attached hydrogens (tertiary/aromatic N) is 1. The second-order valence-corrected chi connectivity index (χ2v) is 5.07. The van der Waals surface area contributed by atoms with Crippen LogP contribution in [0.4, 0.5) is 11.4 Å². The van der Waals surface area contributed by atoms with Gasteiger partial charge in [0.05, 0.1) is 0 Å². The Morgan fingerprint density at radius 3 is 2.83 bits per heavy atom. The minimum Gasteiger partial charge on any atom is -0.398 e. The predicted octanol–water partition coefficient (Wildman–Crippen LogP) is 2.57. The predicted molar refractivity (Wildman–Crippen MR) is 76.9 cm³/mol. The van der Waals surface area contributed by atoms with Crippen LogP contribution in [0.15, 0.2) is 18.2 Å². The van der Waals surface area contributed by atoms with Gasteiger partial charge in [-0.3, -0.25) is 0 Å². The van der Waals surface area contributed by atoms with Gasteiger partial charge in [-0.05, 0) is 43.4 Å². The van der Waals surface area contributed by atoms with E-state index >= 15 is 0 Å². The zero-order valence-corrected chi connectivity index (χ0v) is 11.1. The molecule has 0 aromatic heterocycles. The van der Waals surface area contributed by atoms with Crippen molar-refractivity contribution >= 4 is 11.4 Å². The maximum atomic E-state index is 8.75. The van der Waals surface area contributed by atoms with Gasteiger partial charge in [-0.15, -0.1) is 0 Å². The molecule has 2 rings (SSSR count). The van der Waals surface area contributed by atoms with Crippen LogP contribution in [-0.4, -0.2) is 24.8 Å². The third-order valence-electron chi connectivity index (χ3n) is 3.72. The van der Waals surface area contributed by atoms with E-state index in [0.717, 1.165) is 38.0 Å². The van der Waals surface area contributed by atoms with Crippen molar-refractivity contribution in [1.82, 2.24) is 0 Å². The van der Waals surface area contributed by atoms with Gasteiger partial charge < -0.3 is 15.7 Å². The Balaban J connectivity index is 1.90. The molecule has 0 bridgehead atoms. The molecule has 0 atom stereocenters. The number of rotatable bonds is 6. The molecule has 3 nitrogen and oxygen atoms in total. The minimum absolute atomic E-state index is 0.323. The maximum Gasteiger partial charge on any atom is 0.0431 e. The van der Waals surface area contributed by atoms with Gasteiger partial charge in [-0.2, -0.15) is 0 Å². The third kappa shape index (κ3) is 3.16. The number of fused-ring (bicyclic) bond motifs is 1. The van der Waals surface area contributed by atoms with Gasteiger partial charge in [0.15, 0.2) is 0 Å². The van der Waals surface area contributed by atoms with Gasteiger partial charge in [0.25, 0.3) is 0 Å². The number of hydrogen-bond acceptors (Lipinski definition) is 3. The van der Waals surface area contributed by atoms with Crippen LogP contribution < -0.4 is 10.6 Å². The van der Waals surface area contributed by atoms with Crippen molar-refractivity contribution in [1.29, 1.82) is 0 Å². The number of anilines is 2. The van der Waals surface area contributed by atoms with Gasteiger partial charge in [-0.1, -0.05) is 18.9 Å². The van der Waals surface area contributed by atoms with Crippen LogP contribution in [0.1, 0.15) is 37.7 Å². The highest BCUT2D eigenvalue weighted by Crippen LogP contribution is 2.31. The number of nitrogens with two attached hydrogens (primary N) is 1. The average molecular weight is 248 g/mol. The number of aliphatic hydroxyl groups is 1. The van der Waals surface area contributed by atoms with E-state index in [9.17, 15) is 0 Å². The van der Waals surface area contributed by atoms with Gasteiger partial charge in [-0.25, -0.2) is 0 Å². The molecule has 3 N–H and O–H groups in total. The first kappa shape index (κ1) is 13.2. The molecule has 1 aliphatic rings. The number of unbranched alkanes of at least 4 members (excludes halogenated alkanes) is 3. The van der Waals surface area contributed by atoms with Crippen molar-refractivity contribution < 1.29 is 5.11 Å². The van der Waals surface area contributed by atoms with Crippen LogP contribution >= 0.6 is 0 Å². The van der Waals surface area contributed by atoms with Crippen molar-refractivity contribution in [3.63, 3.8) is 0 Å². The third-order valence-corrected chi connectivity index (χ3v) is 3.72. The summed E-state index contributed by atoms with van der Waals surface area (Å²) in [5.74, 6) is 0. The molecule has 1 aromatic rings. The Hall–Kier alpha value is -1.22. The van der Waals surface area contributed by atoms with Crippen LogP contribution in [-0.2, 0) is 6.42 Å². The number of aliphatic hydroxyl groups excluding tert-OH is 1. The fourth-order valence-corrected chi connectivity index (χ4v) is 2.73. The molecule has 3 heteroatoms. The Kier molecular flexibility index (Phi) is 4.88. The summed E-state index contributed by atoms with van der Waals surface area (Å²) in [7, 11) is 0. The largest absolute Gasteiger partial charge is 0.398 e. The first-order valence-electron chi connectivity index (χ1n) is 7.06. The highest BCUT2D eigenvalue weighted by Gasteiger charge is 2.17. The topological polar surface area (TPSA) is 49.5 Å². The quantitative estimate of drug-likeness (QED) is 0.601. The van der Waals surface area contributed by atoms with Crippen molar-refractivity contribution in [2.45, 2.75) is 38.5 Å². The lowest BCUT2D eigenvalue weighted by Gasteiger charge is -2.32. The lowest BCUT2D eigenvalue weighted by molar-refractivity contribution is 0.282. The van der Waals surface area contributed by atoms with Gasteiger partial charge in [0.2, 0.25) is 0 Å². The zero-order chi connectivity index (χ0) is 12.8. The highest BCUT2D eigenvalue weighted by atomic mass is 16.2. The standard InChI is InChI=1S/C15H24N2O/c16-14-8-5-9-15-13(14)7-6-11-17(15)10-3-1-2-4-12-18/h5,8-9,18H,1-4,6-7,10-12,16H2. The first-order valence-corrected chi connectivity index (χ1v) is 7.06. The Morgan fingerprint density at radius 2 is 2.00 bits per heavy atom. The lowest BCUT2D eigenvalue weighted by Crippen LogP contribution is -2.30. The van der Waals surface area contributed by atoms with Gasteiger partial charge >= 0.3 is 0 Å². The summed E-state index contributed by atoms with van der Waals surface area (Å²) in [6.07, 6.45) is 6.79. The highest BCUT2D eigenvalue weighted by molar-refractivity contribution is 5.66.